The molecule has 0 unspecified atom stereocenters. The minimum absolute atomic E-state index is 0.0343. The molecule has 0 N–H and O–H groups in total. The molecule has 2 heterocycles. The first-order valence-electron chi connectivity index (χ1n) is 4.93. The number of hydrogen-bond donors (Lipinski definition) is 0. The van der Waals surface area contributed by atoms with Crippen molar-refractivity contribution in [2.24, 2.45) is 0 Å². The highest BCUT2D eigenvalue weighted by molar-refractivity contribution is 14.1. The van der Waals surface area contributed by atoms with Crippen molar-refractivity contribution in [1.29, 1.82) is 0 Å². The van der Waals surface area contributed by atoms with E-state index in [0.29, 0.717) is 11.5 Å². The minimum atomic E-state index is -4.37. The van der Waals surface area contributed by atoms with Gasteiger partial charge in [-0.25, -0.2) is 9.50 Å². The van der Waals surface area contributed by atoms with Crippen LogP contribution in [0.4, 0.5) is 13.2 Å². The number of alkyl halides is 3. The number of halogens is 4. The van der Waals surface area contributed by atoms with Crippen LogP contribution in [-0.2, 0) is 6.18 Å². The van der Waals surface area contributed by atoms with Crippen LogP contribution >= 0.6 is 22.6 Å². The molecule has 0 atom stereocenters. The van der Waals surface area contributed by atoms with Crippen LogP contribution < -0.4 is 0 Å². The highest BCUT2D eigenvalue weighted by Gasteiger charge is 2.34. The molecule has 92 valence electrons. The molecule has 0 aliphatic carbocycles. The van der Waals surface area contributed by atoms with Gasteiger partial charge in [-0.15, -0.1) is 0 Å². The van der Waals surface area contributed by atoms with E-state index in [4.69, 9.17) is 0 Å². The Labute approximate surface area is 109 Å². The van der Waals surface area contributed by atoms with E-state index < -0.39 is 11.7 Å². The molecule has 0 aromatic carbocycles. The Kier molecular flexibility index (Phi) is 3.04. The molecule has 0 aliphatic rings. The van der Waals surface area contributed by atoms with Crippen molar-refractivity contribution in [1.82, 2.24) is 14.6 Å². The van der Waals surface area contributed by atoms with Gasteiger partial charge in [0, 0.05) is 5.92 Å². The van der Waals surface area contributed by atoms with E-state index in [1.165, 1.54) is 10.6 Å². The number of hydrogen-bond acceptors (Lipinski definition) is 2. The van der Waals surface area contributed by atoms with Crippen molar-refractivity contribution in [3.63, 3.8) is 0 Å². The predicted octanol–water partition coefficient (Wildman–Crippen LogP) is 3.48. The van der Waals surface area contributed by atoms with Crippen LogP contribution in [0.5, 0.6) is 0 Å². The van der Waals surface area contributed by atoms with Crippen LogP contribution in [0.15, 0.2) is 12.1 Å². The van der Waals surface area contributed by atoms with Crippen molar-refractivity contribution in [3.8, 4) is 0 Å². The van der Waals surface area contributed by atoms with E-state index in [1.54, 1.807) is 22.6 Å². The molecule has 17 heavy (non-hydrogen) atoms. The second kappa shape index (κ2) is 4.11. The maximum Gasteiger partial charge on any atom is 0.418 e. The summed E-state index contributed by atoms with van der Waals surface area (Å²) in [6, 6.07) is 2.37. The van der Waals surface area contributed by atoms with Crippen LogP contribution in [0.2, 0.25) is 0 Å². The lowest BCUT2D eigenvalue weighted by molar-refractivity contribution is -0.138. The molecule has 0 spiro atoms. The quantitative estimate of drug-likeness (QED) is 0.579. The second-order valence-corrected chi connectivity index (χ2v) is 4.95. The Bertz CT molecular complexity index is 560. The largest absolute Gasteiger partial charge is 0.418 e. The molecule has 2 aromatic rings. The zero-order chi connectivity index (χ0) is 12.8. The fourth-order valence-corrected chi connectivity index (χ4v) is 2.23. The summed E-state index contributed by atoms with van der Waals surface area (Å²) >= 11 is 1.64. The molecule has 0 radical (unpaired) electrons. The van der Waals surface area contributed by atoms with E-state index in [1.807, 2.05) is 13.8 Å². The van der Waals surface area contributed by atoms with Gasteiger partial charge in [0.1, 0.15) is 3.70 Å². The number of pyridine rings is 1. The van der Waals surface area contributed by atoms with Crippen molar-refractivity contribution >= 4 is 28.2 Å². The normalized spacial score (nSPS) is 12.6. The molecule has 2 rings (SSSR count). The summed E-state index contributed by atoms with van der Waals surface area (Å²) in [6.07, 6.45) is -4.37. The van der Waals surface area contributed by atoms with Gasteiger partial charge in [0.25, 0.3) is 0 Å². The molecular weight excluding hydrogens is 346 g/mol. The van der Waals surface area contributed by atoms with Gasteiger partial charge in [0.15, 0.2) is 11.5 Å². The Hall–Kier alpha value is -0.860. The Morgan fingerprint density at radius 1 is 1.29 bits per heavy atom. The third kappa shape index (κ3) is 2.24. The van der Waals surface area contributed by atoms with Crippen LogP contribution in [-0.4, -0.2) is 14.6 Å². The van der Waals surface area contributed by atoms with E-state index in [9.17, 15) is 13.2 Å². The van der Waals surface area contributed by atoms with Crippen molar-refractivity contribution in [2.45, 2.75) is 25.9 Å². The van der Waals surface area contributed by atoms with Gasteiger partial charge in [0.05, 0.1) is 5.56 Å². The predicted molar refractivity (Wildman–Crippen MR) is 64.8 cm³/mol. The monoisotopic (exact) mass is 355 g/mol. The Morgan fingerprint density at radius 3 is 2.47 bits per heavy atom. The van der Waals surface area contributed by atoms with Crippen LogP contribution in [0.1, 0.15) is 31.2 Å². The van der Waals surface area contributed by atoms with Crippen LogP contribution in [0.3, 0.4) is 0 Å². The molecule has 0 saturated heterocycles. The average Bonchev–Trinajstić information content (AvgIpc) is 2.60. The highest BCUT2D eigenvalue weighted by Crippen LogP contribution is 2.33. The lowest BCUT2D eigenvalue weighted by Gasteiger charge is -2.08. The van der Waals surface area contributed by atoms with Crippen LogP contribution in [0.25, 0.3) is 5.65 Å². The first-order chi connectivity index (χ1) is 7.80. The first-order valence-corrected chi connectivity index (χ1v) is 6.01. The van der Waals surface area contributed by atoms with Gasteiger partial charge in [-0.3, -0.25) is 0 Å². The first kappa shape index (κ1) is 12.6. The molecule has 3 nitrogen and oxygen atoms in total. The fourth-order valence-electron chi connectivity index (χ4n) is 1.39. The van der Waals surface area contributed by atoms with E-state index in [2.05, 4.69) is 10.1 Å². The summed E-state index contributed by atoms with van der Waals surface area (Å²) in [4.78, 5) is 4.18. The standard InChI is InChI=1S/C10H9F3IN3/c1-5(2)9-15-7-4-3-6(10(11,12)13)8(14)17(7)16-9/h3-5H,1-2H3. The van der Waals surface area contributed by atoms with Gasteiger partial charge in [-0.1, -0.05) is 13.8 Å². The molecule has 2 aromatic heterocycles. The maximum atomic E-state index is 12.7. The number of nitrogens with zero attached hydrogens (tertiary/aromatic N) is 3. The SMILES string of the molecule is CC(C)c1nc2ccc(C(F)(F)F)c(I)n2n1. The van der Waals surface area contributed by atoms with Crippen LogP contribution in [0, 0.1) is 3.70 Å². The third-order valence-corrected chi connectivity index (χ3v) is 3.32. The molecule has 7 heteroatoms. The fraction of sp³-hybridized carbons (Fsp3) is 0.400. The van der Waals surface area contributed by atoms with E-state index in [-0.39, 0.29) is 9.62 Å². The smallest absolute Gasteiger partial charge is 0.212 e. The zero-order valence-electron chi connectivity index (χ0n) is 9.09. The number of aromatic nitrogens is 3. The van der Waals surface area contributed by atoms with Gasteiger partial charge in [-0.05, 0) is 34.7 Å². The van der Waals surface area contributed by atoms with E-state index >= 15 is 0 Å². The molecule has 0 aliphatic heterocycles. The summed E-state index contributed by atoms with van der Waals surface area (Å²) < 4.78 is 39.3. The lowest BCUT2D eigenvalue weighted by Crippen LogP contribution is -2.11. The molecular formula is C10H9F3IN3. The lowest BCUT2D eigenvalue weighted by atomic mass is 10.2. The summed E-state index contributed by atoms with van der Waals surface area (Å²) in [6.45, 7) is 3.79. The maximum absolute atomic E-state index is 12.7. The van der Waals surface area contributed by atoms with Crippen molar-refractivity contribution < 1.29 is 13.2 Å². The Morgan fingerprint density at radius 2 is 1.94 bits per heavy atom. The molecule has 0 bridgehead atoms. The summed E-state index contributed by atoms with van der Waals surface area (Å²) in [7, 11) is 0. The van der Waals surface area contributed by atoms with Gasteiger partial charge < -0.3 is 0 Å². The van der Waals surface area contributed by atoms with Crippen molar-refractivity contribution in [2.75, 3.05) is 0 Å². The van der Waals surface area contributed by atoms with Gasteiger partial charge >= 0.3 is 6.18 Å². The summed E-state index contributed by atoms with van der Waals surface area (Å²) in [5.74, 6) is 0.627. The minimum Gasteiger partial charge on any atom is -0.212 e. The number of rotatable bonds is 1. The van der Waals surface area contributed by atoms with Crippen molar-refractivity contribution in [3.05, 3.63) is 27.2 Å². The highest BCUT2D eigenvalue weighted by atomic mass is 127. The summed E-state index contributed by atoms with van der Waals surface area (Å²) in [5, 5.41) is 4.08. The average molecular weight is 355 g/mol. The molecule has 0 amide bonds. The topological polar surface area (TPSA) is 30.2 Å². The zero-order valence-corrected chi connectivity index (χ0v) is 11.2. The number of fused-ring (bicyclic) bond motifs is 1. The summed E-state index contributed by atoms with van der Waals surface area (Å²) in [5.41, 5.74) is -0.253. The molecule has 0 fully saturated rings. The van der Waals surface area contributed by atoms with Gasteiger partial charge in [-0.2, -0.15) is 18.3 Å². The Balaban J connectivity index is 2.67. The second-order valence-electron chi connectivity index (χ2n) is 3.93. The van der Waals surface area contributed by atoms with E-state index in [0.717, 1.165) is 6.07 Å². The van der Waals surface area contributed by atoms with Gasteiger partial charge in [0.2, 0.25) is 0 Å². The molecule has 0 saturated carbocycles. The third-order valence-electron chi connectivity index (χ3n) is 2.28.